The maximum Gasteiger partial charge on any atom is 0.220 e. The summed E-state index contributed by atoms with van der Waals surface area (Å²) in [6, 6.07) is 12.4. The summed E-state index contributed by atoms with van der Waals surface area (Å²) in [5.74, 6) is -0.237. The van der Waals surface area contributed by atoms with Crippen molar-refractivity contribution in [2.75, 3.05) is 5.75 Å². The average Bonchev–Trinajstić information content (AvgIpc) is 2.74. The van der Waals surface area contributed by atoms with Crippen LogP contribution >= 0.6 is 0 Å². The lowest BCUT2D eigenvalue weighted by Crippen LogP contribution is -2.34. The highest BCUT2D eigenvalue weighted by Gasteiger charge is 2.30. The van der Waals surface area contributed by atoms with Crippen LogP contribution < -0.4 is 5.32 Å². The molecule has 1 amide bonds. The molecule has 0 bridgehead atoms. The first kappa shape index (κ1) is 19.8. The third-order valence-corrected chi connectivity index (χ3v) is 7.70. The predicted octanol–water partition coefficient (Wildman–Crippen LogP) is 3.56. The predicted molar refractivity (Wildman–Crippen MR) is 111 cm³/mol. The summed E-state index contributed by atoms with van der Waals surface area (Å²) in [4.78, 5) is 25.3. The molecule has 0 saturated heterocycles. The van der Waals surface area contributed by atoms with E-state index in [4.69, 9.17) is 0 Å². The van der Waals surface area contributed by atoms with Gasteiger partial charge in [0.05, 0.1) is 16.7 Å². The summed E-state index contributed by atoms with van der Waals surface area (Å²) in [6.45, 7) is 0. The van der Waals surface area contributed by atoms with Gasteiger partial charge in [-0.1, -0.05) is 30.3 Å². The number of sulfone groups is 1. The number of aryl methyl sites for hydroxylation is 2. The van der Waals surface area contributed by atoms with E-state index >= 15 is 0 Å². The summed E-state index contributed by atoms with van der Waals surface area (Å²) < 4.78 is 24.4. The molecular weight excluding hydrogens is 386 g/mol. The number of carbonyl (C=O) groups is 2. The van der Waals surface area contributed by atoms with Crippen LogP contribution in [0.5, 0.6) is 0 Å². The van der Waals surface area contributed by atoms with Gasteiger partial charge in [-0.25, -0.2) is 8.42 Å². The van der Waals surface area contributed by atoms with Gasteiger partial charge in [0.25, 0.3) is 0 Å². The number of nitrogens with one attached hydrogen (secondary N) is 1. The van der Waals surface area contributed by atoms with Crippen LogP contribution in [0.4, 0.5) is 0 Å². The van der Waals surface area contributed by atoms with Gasteiger partial charge >= 0.3 is 0 Å². The lowest BCUT2D eigenvalue weighted by atomic mass is 9.89. The van der Waals surface area contributed by atoms with Crippen LogP contribution in [0.2, 0.25) is 0 Å². The molecule has 0 saturated carbocycles. The van der Waals surface area contributed by atoms with E-state index in [-0.39, 0.29) is 36.3 Å². The molecule has 1 heterocycles. The van der Waals surface area contributed by atoms with Crippen molar-refractivity contribution in [3.63, 3.8) is 0 Å². The molecule has 1 atom stereocenters. The second-order valence-electron chi connectivity index (χ2n) is 7.88. The highest BCUT2D eigenvalue weighted by Crippen LogP contribution is 2.32. The maximum absolute atomic E-state index is 12.6. The monoisotopic (exact) mass is 411 g/mol. The number of benzene rings is 2. The molecule has 2 aromatic rings. The highest BCUT2D eigenvalue weighted by molar-refractivity contribution is 7.91. The smallest absolute Gasteiger partial charge is 0.220 e. The van der Waals surface area contributed by atoms with Crippen LogP contribution in [-0.4, -0.2) is 25.9 Å². The van der Waals surface area contributed by atoms with E-state index in [1.54, 1.807) is 24.3 Å². The van der Waals surface area contributed by atoms with Crippen LogP contribution in [0, 0.1) is 0 Å². The van der Waals surface area contributed by atoms with Crippen molar-refractivity contribution in [2.24, 2.45) is 0 Å². The minimum absolute atomic E-state index is 0.0169. The lowest BCUT2D eigenvalue weighted by molar-refractivity contribution is -0.121. The van der Waals surface area contributed by atoms with Gasteiger partial charge < -0.3 is 5.32 Å². The van der Waals surface area contributed by atoms with Crippen molar-refractivity contribution in [3.05, 3.63) is 64.7 Å². The quantitative estimate of drug-likeness (QED) is 0.763. The van der Waals surface area contributed by atoms with Crippen LogP contribution in [0.1, 0.15) is 65.2 Å². The number of fused-ring (bicyclic) bond motifs is 2. The van der Waals surface area contributed by atoms with Crippen molar-refractivity contribution in [3.8, 4) is 0 Å². The van der Waals surface area contributed by atoms with Gasteiger partial charge in [-0.15, -0.1) is 0 Å². The van der Waals surface area contributed by atoms with Crippen molar-refractivity contribution >= 4 is 21.5 Å². The second-order valence-corrected chi connectivity index (χ2v) is 9.96. The fraction of sp³-hybridized carbons (Fsp3) is 0.391. The SMILES string of the molecule is O=C(CCC(=O)c1ccc2c(c1)CCCC2)NC1CCS(=O)(=O)c2ccccc21. The van der Waals surface area contributed by atoms with E-state index < -0.39 is 9.84 Å². The Morgan fingerprint density at radius 1 is 0.966 bits per heavy atom. The van der Waals surface area contributed by atoms with Crippen LogP contribution in [0.15, 0.2) is 47.4 Å². The summed E-state index contributed by atoms with van der Waals surface area (Å²) in [7, 11) is -3.29. The molecule has 1 N–H and O–H groups in total. The molecule has 1 aliphatic heterocycles. The maximum atomic E-state index is 12.6. The first-order valence-corrected chi connectivity index (χ1v) is 11.9. The molecule has 2 aromatic carbocycles. The minimum Gasteiger partial charge on any atom is -0.349 e. The molecule has 152 valence electrons. The van der Waals surface area contributed by atoms with E-state index in [0.717, 1.165) is 19.3 Å². The first-order chi connectivity index (χ1) is 13.9. The van der Waals surface area contributed by atoms with Gasteiger partial charge in [-0.2, -0.15) is 0 Å². The van der Waals surface area contributed by atoms with E-state index in [0.29, 0.717) is 22.4 Å². The van der Waals surface area contributed by atoms with Gasteiger partial charge in [-0.3, -0.25) is 9.59 Å². The first-order valence-electron chi connectivity index (χ1n) is 10.2. The number of rotatable bonds is 5. The fourth-order valence-electron chi connectivity index (χ4n) is 4.28. The molecule has 4 rings (SSSR count). The summed E-state index contributed by atoms with van der Waals surface area (Å²) in [6.07, 6.45) is 5.05. The molecule has 0 aromatic heterocycles. The normalized spacial score (nSPS) is 19.7. The molecule has 1 unspecified atom stereocenters. The van der Waals surface area contributed by atoms with Crippen LogP contribution in [0.25, 0.3) is 0 Å². The highest BCUT2D eigenvalue weighted by atomic mass is 32.2. The molecule has 5 nitrogen and oxygen atoms in total. The Morgan fingerprint density at radius 2 is 1.72 bits per heavy atom. The molecule has 0 spiro atoms. The molecule has 1 aliphatic carbocycles. The van der Waals surface area contributed by atoms with Gasteiger partial charge in [-0.05, 0) is 60.9 Å². The third-order valence-electron chi connectivity index (χ3n) is 5.89. The zero-order chi connectivity index (χ0) is 20.4. The average molecular weight is 412 g/mol. The topological polar surface area (TPSA) is 80.3 Å². The van der Waals surface area contributed by atoms with Crippen molar-refractivity contribution in [1.82, 2.24) is 5.32 Å². The Bertz CT molecular complexity index is 1060. The molecule has 29 heavy (non-hydrogen) atoms. The van der Waals surface area contributed by atoms with Crippen molar-refractivity contribution in [1.29, 1.82) is 0 Å². The third kappa shape index (κ3) is 4.27. The number of amides is 1. The zero-order valence-electron chi connectivity index (χ0n) is 16.3. The Kier molecular flexibility index (Phi) is 5.54. The number of hydrogen-bond acceptors (Lipinski definition) is 4. The van der Waals surface area contributed by atoms with E-state index in [1.165, 1.54) is 17.5 Å². The zero-order valence-corrected chi connectivity index (χ0v) is 17.1. The number of carbonyl (C=O) groups excluding carboxylic acids is 2. The second kappa shape index (κ2) is 8.11. The number of hydrogen-bond donors (Lipinski definition) is 1. The van der Waals surface area contributed by atoms with E-state index in [1.807, 2.05) is 18.2 Å². The number of Topliss-reactive ketones (excluding diaryl/α,β-unsaturated/α-hetero) is 1. The van der Waals surface area contributed by atoms with Gasteiger partial charge in [0, 0.05) is 18.4 Å². The Labute approximate surface area is 171 Å². The van der Waals surface area contributed by atoms with Crippen LogP contribution in [-0.2, 0) is 27.5 Å². The standard InChI is InChI=1S/C23H25NO4S/c25-21(18-10-9-16-5-1-2-6-17(16)15-18)11-12-23(26)24-20-13-14-29(27,28)22-8-4-3-7-19(20)22/h3-4,7-10,15,20H,1-2,5-6,11-14H2,(H,24,26). The Morgan fingerprint density at radius 3 is 2.55 bits per heavy atom. The summed E-state index contributed by atoms with van der Waals surface area (Å²) in [5.41, 5.74) is 3.89. The van der Waals surface area contributed by atoms with E-state index in [9.17, 15) is 18.0 Å². The molecular formula is C23H25NO4S. The Balaban J connectivity index is 1.38. The van der Waals surface area contributed by atoms with Crippen LogP contribution in [0.3, 0.4) is 0 Å². The lowest BCUT2D eigenvalue weighted by Gasteiger charge is -2.26. The van der Waals surface area contributed by atoms with Gasteiger partial charge in [0.2, 0.25) is 5.91 Å². The molecule has 6 heteroatoms. The van der Waals surface area contributed by atoms with E-state index in [2.05, 4.69) is 5.32 Å². The number of ketones is 1. The van der Waals surface area contributed by atoms with Crippen molar-refractivity contribution < 1.29 is 18.0 Å². The fourth-order valence-corrected chi connectivity index (χ4v) is 5.91. The Hall–Kier alpha value is -2.47. The van der Waals surface area contributed by atoms with Gasteiger partial charge in [0.1, 0.15) is 0 Å². The summed E-state index contributed by atoms with van der Waals surface area (Å²) >= 11 is 0. The van der Waals surface area contributed by atoms with Gasteiger partial charge in [0.15, 0.2) is 15.6 Å². The molecule has 2 aliphatic rings. The van der Waals surface area contributed by atoms with Crippen molar-refractivity contribution in [2.45, 2.75) is 55.9 Å². The largest absolute Gasteiger partial charge is 0.349 e. The molecule has 0 radical (unpaired) electrons. The minimum atomic E-state index is -3.29. The molecule has 0 fully saturated rings. The summed E-state index contributed by atoms with van der Waals surface area (Å²) in [5, 5.41) is 2.91.